The standard InChI is InChI=1S/C30H26N2O6Si/c1-39(2,25-15-7-19(8-16-25)27(33)31-23-11-3-21(4-12-23)29(35)36)26-17-9-20(10-18-26)28(34)32-24-13-5-22(6-14-24)30(37)38/h3-18H,1-2H3,(H,31,33)(H,32,34)(H,35,36)(H,37,38). The molecular formula is C30H26N2O6Si. The number of hydrogen-bond acceptors (Lipinski definition) is 4. The maximum absolute atomic E-state index is 12.7. The van der Waals surface area contributed by atoms with E-state index in [1.165, 1.54) is 24.3 Å². The summed E-state index contributed by atoms with van der Waals surface area (Å²) in [7, 11) is -2.13. The Hall–Kier alpha value is -5.02. The molecule has 0 radical (unpaired) electrons. The molecular weight excluding hydrogens is 512 g/mol. The lowest BCUT2D eigenvalue weighted by atomic mass is 10.2. The molecule has 0 spiro atoms. The molecule has 0 saturated carbocycles. The molecule has 0 saturated heterocycles. The molecule has 0 fully saturated rings. The van der Waals surface area contributed by atoms with Gasteiger partial charge in [-0.2, -0.15) is 0 Å². The Morgan fingerprint density at radius 1 is 0.487 bits per heavy atom. The van der Waals surface area contributed by atoms with Gasteiger partial charge in [0.1, 0.15) is 8.07 Å². The summed E-state index contributed by atoms with van der Waals surface area (Å²) in [5.74, 6) is -2.65. The maximum atomic E-state index is 12.7. The Morgan fingerprint density at radius 3 is 1.05 bits per heavy atom. The van der Waals surface area contributed by atoms with Gasteiger partial charge in [-0.05, 0) is 72.8 Å². The van der Waals surface area contributed by atoms with Gasteiger partial charge in [0, 0.05) is 22.5 Å². The number of benzene rings is 4. The van der Waals surface area contributed by atoms with Gasteiger partial charge in [-0.15, -0.1) is 0 Å². The van der Waals surface area contributed by atoms with Crippen LogP contribution in [0.2, 0.25) is 13.1 Å². The summed E-state index contributed by atoms with van der Waals surface area (Å²) in [6, 6.07) is 26.7. The van der Waals surface area contributed by atoms with Gasteiger partial charge >= 0.3 is 11.9 Å². The molecule has 2 amide bonds. The third-order valence-electron chi connectivity index (χ3n) is 6.52. The van der Waals surface area contributed by atoms with E-state index in [0.717, 1.165) is 10.4 Å². The first kappa shape index (κ1) is 27.0. The van der Waals surface area contributed by atoms with Gasteiger partial charge < -0.3 is 20.8 Å². The molecule has 9 heteroatoms. The second-order valence-electron chi connectivity index (χ2n) is 9.45. The van der Waals surface area contributed by atoms with E-state index in [9.17, 15) is 19.2 Å². The first-order chi connectivity index (χ1) is 18.5. The van der Waals surface area contributed by atoms with Crippen molar-refractivity contribution in [3.05, 3.63) is 119 Å². The predicted molar refractivity (Wildman–Crippen MR) is 152 cm³/mol. The minimum Gasteiger partial charge on any atom is -0.478 e. The molecule has 0 bridgehead atoms. The molecule has 0 atom stereocenters. The average molecular weight is 539 g/mol. The molecule has 0 aliphatic heterocycles. The van der Waals surface area contributed by atoms with Crippen molar-refractivity contribution in [2.75, 3.05) is 10.6 Å². The van der Waals surface area contributed by atoms with Crippen LogP contribution in [0.5, 0.6) is 0 Å². The van der Waals surface area contributed by atoms with Gasteiger partial charge in [-0.1, -0.05) is 47.7 Å². The maximum Gasteiger partial charge on any atom is 0.335 e. The second-order valence-corrected chi connectivity index (χ2v) is 13.9. The lowest BCUT2D eigenvalue weighted by Crippen LogP contribution is -2.52. The van der Waals surface area contributed by atoms with E-state index < -0.39 is 20.0 Å². The highest BCUT2D eigenvalue weighted by molar-refractivity contribution is 7.00. The Bertz CT molecular complexity index is 1410. The first-order valence-electron chi connectivity index (χ1n) is 12.0. The summed E-state index contributed by atoms with van der Waals surface area (Å²) in [5.41, 5.74) is 2.26. The van der Waals surface area contributed by atoms with Gasteiger partial charge in [0.05, 0.1) is 11.1 Å². The van der Waals surface area contributed by atoms with E-state index >= 15 is 0 Å². The van der Waals surface area contributed by atoms with Crippen molar-refractivity contribution in [1.82, 2.24) is 0 Å². The number of aromatic carboxylic acids is 2. The van der Waals surface area contributed by atoms with Crippen molar-refractivity contribution in [1.29, 1.82) is 0 Å². The molecule has 0 aliphatic rings. The van der Waals surface area contributed by atoms with Crippen molar-refractivity contribution in [3.63, 3.8) is 0 Å². The summed E-state index contributed by atoms with van der Waals surface area (Å²) in [6.45, 7) is 4.37. The third kappa shape index (κ3) is 6.28. The zero-order valence-electron chi connectivity index (χ0n) is 21.3. The molecule has 39 heavy (non-hydrogen) atoms. The number of hydrogen-bond donors (Lipinski definition) is 4. The Labute approximate surface area is 226 Å². The highest BCUT2D eigenvalue weighted by Gasteiger charge is 2.26. The largest absolute Gasteiger partial charge is 0.478 e. The SMILES string of the molecule is C[Si](C)(c1ccc(C(=O)Nc2ccc(C(=O)O)cc2)cc1)c1ccc(C(=O)Nc2ccc(C(=O)O)cc2)cc1. The number of rotatable bonds is 8. The van der Waals surface area contributed by atoms with Crippen LogP contribution in [-0.4, -0.2) is 42.0 Å². The summed E-state index contributed by atoms with van der Waals surface area (Å²) < 4.78 is 0. The summed E-state index contributed by atoms with van der Waals surface area (Å²) in [4.78, 5) is 47.3. The van der Waals surface area contributed by atoms with E-state index in [4.69, 9.17) is 10.2 Å². The van der Waals surface area contributed by atoms with Crippen molar-refractivity contribution >= 4 is 53.6 Å². The van der Waals surface area contributed by atoms with E-state index in [0.29, 0.717) is 22.5 Å². The molecule has 4 aromatic rings. The minimum atomic E-state index is -2.13. The molecule has 0 unspecified atom stereocenters. The summed E-state index contributed by atoms with van der Waals surface area (Å²) in [5, 5.41) is 25.8. The van der Waals surface area contributed by atoms with Crippen molar-refractivity contribution in [3.8, 4) is 0 Å². The van der Waals surface area contributed by atoms with Crippen LogP contribution in [0.4, 0.5) is 11.4 Å². The molecule has 4 aromatic carbocycles. The lowest BCUT2D eigenvalue weighted by Gasteiger charge is -2.24. The van der Waals surface area contributed by atoms with Crippen LogP contribution >= 0.6 is 0 Å². The molecule has 196 valence electrons. The number of carbonyl (C=O) groups excluding carboxylic acids is 2. The molecule has 0 heterocycles. The van der Waals surface area contributed by atoms with Gasteiger partial charge in [0.2, 0.25) is 0 Å². The molecule has 4 rings (SSSR count). The smallest absolute Gasteiger partial charge is 0.335 e. The average Bonchev–Trinajstić information content (AvgIpc) is 2.93. The van der Waals surface area contributed by atoms with Gasteiger partial charge in [0.25, 0.3) is 11.8 Å². The number of anilines is 2. The van der Waals surface area contributed by atoms with E-state index in [1.807, 2.05) is 24.3 Å². The van der Waals surface area contributed by atoms with Crippen molar-refractivity contribution < 1.29 is 29.4 Å². The minimum absolute atomic E-state index is 0.144. The fourth-order valence-electron chi connectivity index (χ4n) is 4.04. The zero-order valence-corrected chi connectivity index (χ0v) is 22.3. The van der Waals surface area contributed by atoms with E-state index in [2.05, 4.69) is 23.7 Å². The fraction of sp³-hybridized carbons (Fsp3) is 0.0667. The van der Waals surface area contributed by atoms with E-state index in [-0.39, 0.29) is 22.9 Å². The van der Waals surface area contributed by atoms with Gasteiger partial charge in [0.15, 0.2) is 0 Å². The topological polar surface area (TPSA) is 133 Å². The fourth-order valence-corrected chi connectivity index (χ4v) is 6.38. The third-order valence-corrected chi connectivity index (χ3v) is 10.1. The van der Waals surface area contributed by atoms with Crippen LogP contribution in [0.25, 0.3) is 0 Å². The normalized spacial score (nSPS) is 10.9. The highest BCUT2D eigenvalue weighted by atomic mass is 28.3. The summed E-state index contributed by atoms with van der Waals surface area (Å²) >= 11 is 0. The Morgan fingerprint density at radius 2 is 0.769 bits per heavy atom. The first-order valence-corrected chi connectivity index (χ1v) is 15.0. The number of carbonyl (C=O) groups is 4. The molecule has 0 aromatic heterocycles. The number of carboxylic acid groups (broad SMARTS) is 2. The van der Waals surface area contributed by atoms with Crippen molar-refractivity contribution in [2.45, 2.75) is 13.1 Å². The number of amides is 2. The van der Waals surface area contributed by atoms with Crippen LogP contribution in [0.3, 0.4) is 0 Å². The van der Waals surface area contributed by atoms with Crippen LogP contribution in [0, 0.1) is 0 Å². The van der Waals surface area contributed by atoms with Gasteiger partial charge in [-0.3, -0.25) is 9.59 Å². The predicted octanol–water partition coefficient (Wildman–Crippen LogP) is 4.41. The zero-order chi connectivity index (χ0) is 28.2. The Kier molecular flexibility index (Phi) is 7.73. The Balaban J connectivity index is 1.42. The van der Waals surface area contributed by atoms with Crippen LogP contribution in [-0.2, 0) is 0 Å². The molecule has 4 N–H and O–H groups in total. The van der Waals surface area contributed by atoms with Crippen molar-refractivity contribution in [2.24, 2.45) is 0 Å². The quantitative estimate of drug-likeness (QED) is 0.246. The molecule has 8 nitrogen and oxygen atoms in total. The number of nitrogens with one attached hydrogen (secondary N) is 2. The monoisotopic (exact) mass is 538 g/mol. The number of carboxylic acids is 2. The molecule has 0 aliphatic carbocycles. The van der Waals surface area contributed by atoms with E-state index in [1.54, 1.807) is 48.5 Å². The van der Waals surface area contributed by atoms with Crippen LogP contribution in [0.15, 0.2) is 97.1 Å². The van der Waals surface area contributed by atoms with Crippen LogP contribution in [0.1, 0.15) is 41.4 Å². The summed E-state index contributed by atoms with van der Waals surface area (Å²) in [6.07, 6.45) is 0. The highest BCUT2D eigenvalue weighted by Crippen LogP contribution is 2.14. The van der Waals surface area contributed by atoms with Gasteiger partial charge in [-0.25, -0.2) is 9.59 Å². The lowest BCUT2D eigenvalue weighted by molar-refractivity contribution is 0.0686. The van der Waals surface area contributed by atoms with Crippen LogP contribution < -0.4 is 21.0 Å². The second kappa shape index (κ2) is 11.2.